The van der Waals surface area contributed by atoms with Crippen molar-refractivity contribution in [3.05, 3.63) is 65.7 Å². The van der Waals surface area contributed by atoms with Gasteiger partial charge in [0.05, 0.1) is 11.4 Å². The second-order valence-corrected chi connectivity index (χ2v) is 8.63. The minimum atomic E-state index is -3.94. The molecule has 9 heteroatoms. The van der Waals surface area contributed by atoms with Crippen LogP contribution in [0.25, 0.3) is 0 Å². The number of hydrogen-bond donors (Lipinski definition) is 1. The van der Waals surface area contributed by atoms with E-state index in [1.807, 2.05) is 0 Å². The average Bonchev–Trinajstić information content (AvgIpc) is 2.85. The Morgan fingerprint density at radius 1 is 1.07 bits per heavy atom. The van der Waals surface area contributed by atoms with Gasteiger partial charge in [0.1, 0.15) is 17.5 Å². The molecule has 1 unspecified atom stereocenters. The second-order valence-electron chi connectivity index (χ2n) is 6.19. The topological polar surface area (TPSA) is 87.2 Å². The summed E-state index contributed by atoms with van der Waals surface area (Å²) in [7, 11) is -2.62. The molecule has 0 spiro atoms. The van der Waals surface area contributed by atoms with E-state index in [1.165, 1.54) is 31.3 Å². The quantitative estimate of drug-likeness (QED) is 0.590. The molecule has 3 rings (SSSR count). The zero-order chi connectivity index (χ0) is 20.3. The molecule has 1 aliphatic heterocycles. The van der Waals surface area contributed by atoms with E-state index in [0.717, 1.165) is 4.31 Å². The van der Waals surface area contributed by atoms with Gasteiger partial charge in [-0.05, 0) is 55.0 Å². The molecule has 1 aliphatic rings. The molecule has 0 saturated heterocycles. The molecule has 0 aromatic heterocycles. The van der Waals surface area contributed by atoms with E-state index in [4.69, 9.17) is 16.3 Å². The zero-order valence-corrected chi connectivity index (χ0v) is 16.6. The van der Waals surface area contributed by atoms with Crippen molar-refractivity contribution in [2.75, 3.05) is 13.6 Å². The Bertz CT molecular complexity index is 974. The lowest BCUT2D eigenvalue weighted by atomic mass is 10.2. The summed E-state index contributed by atoms with van der Waals surface area (Å²) in [6, 6.07) is 11.6. The summed E-state index contributed by atoms with van der Waals surface area (Å²) in [5.41, 5.74) is 0. The van der Waals surface area contributed by atoms with Crippen molar-refractivity contribution in [1.29, 1.82) is 0 Å². The first-order chi connectivity index (χ1) is 13.3. The molecule has 28 heavy (non-hydrogen) atoms. The number of likely N-dealkylation sites (N-methyl/N-ethyl adjacent to an activating group) is 1. The van der Waals surface area contributed by atoms with Gasteiger partial charge in [-0.1, -0.05) is 23.8 Å². The number of rotatable bonds is 5. The molecule has 2 aromatic rings. The fourth-order valence-corrected chi connectivity index (χ4v) is 4.17. The molecule has 0 aliphatic carbocycles. The van der Waals surface area contributed by atoms with Crippen LogP contribution in [0.2, 0.25) is 5.02 Å². The van der Waals surface area contributed by atoms with Crippen LogP contribution in [0.1, 0.15) is 6.42 Å². The molecule has 7 nitrogen and oxygen atoms in total. The molecule has 1 atom stereocenters. The number of carbonyl (C=O) groups excluding carboxylic acids is 1. The number of ether oxygens (including phenoxy) is 1. The molecule has 1 amide bonds. The third-order valence-electron chi connectivity index (χ3n) is 4.33. The largest absolute Gasteiger partial charge is 0.457 e. The van der Waals surface area contributed by atoms with Crippen molar-refractivity contribution >= 4 is 27.5 Å². The highest BCUT2D eigenvalue weighted by Crippen LogP contribution is 2.26. The van der Waals surface area contributed by atoms with Crippen LogP contribution in [0.4, 0.5) is 0 Å². The maximum absolute atomic E-state index is 12.9. The predicted octanol–water partition coefficient (Wildman–Crippen LogP) is 3.30. The summed E-state index contributed by atoms with van der Waals surface area (Å²) in [4.78, 5) is 12.3. The Kier molecular flexibility index (Phi) is 6.04. The molecule has 0 fully saturated rings. The summed E-state index contributed by atoms with van der Waals surface area (Å²) in [6.07, 6.45) is 3.47. The fraction of sp³-hybridized carbons (Fsp3) is 0.211. The van der Waals surface area contributed by atoms with Crippen LogP contribution in [0.15, 0.2) is 65.6 Å². The lowest BCUT2D eigenvalue weighted by molar-refractivity contribution is -0.166. The third-order valence-corrected chi connectivity index (χ3v) is 6.47. The van der Waals surface area contributed by atoms with Crippen LogP contribution in [0.3, 0.4) is 0 Å². The highest BCUT2D eigenvalue weighted by molar-refractivity contribution is 7.89. The summed E-state index contributed by atoms with van der Waals surface area (Å²) in [5.74, 6) is 0.355. The number of benzene rings is 2. The number of carbonyl (C=O) groups is 1. The first-order valence-electron chi connectivity index (χ1n) is 8.46. The van der Waals surface area contributed by atoms with Crippen molar-refractivity contribution < 1.29 is 23.2 Å². The van der Waals surface area contributed by atoms with Crippen molar-refractivity contribution in [3.8, 4) is 11.5 Å². The van der Waals surface area contributed by atoms with Gasteiger partial charge >= 0.3 is 0 Å². The molecule has 1 heterocycles. The maximum Gasteiger partial charge on any atom is 0.264 e. The van der Waals surface area contributed by atoms with Gasteiger partial charge in [-0.25, -0.2) is 13.5 Å². The Balaban J connectivity index is 1.78. The van der Waals surface area contributed by atoms with E-state index in [0.29, 0.717) is 21.6 Å². The normalized spacial score (nSPS) is 17.6. The number of amides is 1. The van der Waals surface area contributed by atoms with Gasteiger partial charge in [0.2, 0.25) is 10.0 Å². The summed E-state index contributed by atoms with van der Waals surface area (Å²) < 4.78 is 32.4. The Labute approximate surface area is 168 Å². The van der Waals surface area contributed by atoms with Crippen LogP contribution in [0.5, 0.6) is 11.5 Å². The van der Waals surface area contributed by atoms with Crippen molar-refractivity contribution in [3.63, 3.8) is 0 Å². The number of nitrogens with zero attached hydrogens (tertiary/aromatic N) is 2. The summed E-state index contributed by atoms with van der Waals surface area (Å²) >= 11 is 5.84. The summed E-state index contributed by atoms with van der Waals surface area (Å²) in [5, 5.41) is 10.8. The van der Waals surface area contributed by atoms with Crippen molar-refractivity contribution in [1.82, 2.24) is 9.37 Å². The highest BCUT2D eigenvalue weighted by atomic mass is 35.5. The van der Waals surface area contributed by atoms with Gasteiger partial charge in [0, 0.05) is 12.1 Å². The van der Waals surface area contributed by atoms with Crippen LogP contribution in [-0.4, -0.2) is 48.5 Å². The molecule has 0 saturated carbocycles. The molecule has 0 bridgehead atoms. The van der Waals surface area contributed by atoms with Gasteiger partial charge in [0.25, 0.3) is 5.91 Å². The number of hydroxylamine groups is 2. The van der Waals surface area contributed by atoms with Gasteiger partial charge < -0.3 is 4.74 Å². The van der Waals surface area contributed by atoms with Crippen LogP contribution in [0, 0.1) is 0 Å². The molecule has 2 aromatic carbocycles. The van der Waals surface area contributed by atoms with E-state index in [2.05, 4.69) is 0 Å². The molecular weight excluding hydrogens is 404 g/mol. The van der Waals surface area contributed by atoms with Crippen LogP contribution in [-0.2, 0) is 14.8 Å². The van der Waals surface area contributed by atoms with Crippen molar-refractivity contribution in [2.24, 2.45) is 0 Å². The molecular formula is C19H19ClN2O5S. The minimum Gasteiger partial charge on any atom is -0.457 e. The van der Waals surface area contributed by atoms with Gasteiger partial charge in [-0.15, -0.1) is 0 Å². The van der Waals surface area contributed by atoms with Gasteiger partial charge in [-0.2, -0.15) is 4.31 Å². The smallest absolute Gasteiger partial charge is 0.264 e. The van der Waals surface area contributed by atoms with Gasteiger partial charge in [-0.3, -0.25) is 10.0 Å². The van der Waals surface area contributed by atoms with Crippen LogP contribution >= 0.6 is 11.6 Å². The monoisotopic (exact) mass is 422 g/mol. The number of hydrogen-bond acceptors (Lipinski definition) is 5. The maximum atomic E-state index is 12.9. The lowest BCUT2D eigenvalue weighted by Crippen LogP contribution is -2.47. The average molecular weight is 423 g/mol. The Hall–Kier alpha value is -2.39. The SMILES string of the molecule is CN(C1CC=CCN(O)C1=O)S(=O)(=O)c1ccc(Oc2ccc(Cl)cc2)cc1. The number of sulfonamides is 1. The second kappa shape index (κ2) is 8.32. The lowest BCUT2D eigenvalue weighted by Gasteiger charge is -2.26. The standard InChI is InChI=1S/C19H19ClN2O5S/c1-21(18-4-2-3-13-22(24)19(18)23)28(25,26)17-11-9-16(10-12-17)27-15-7-5-14(20)6-8-15/h2-3,5-12,18,24H,4,13H2,1H3. The third kappa shape index (κ3) is 4.36. The molecule has 0 radical (unpaired) electrons. The van der Waals surface area contributed by atoms with Crippen molar-refractivity contribution in [2.45, 2.75) is 17.4 Å². The zero-order valence-electron chi connectivity index (χ0n) is 15.0. The van der Waals surface area contributed by atoms with Gasteiger partial charge in [0.15, 0.2) is 0 Å². The number of halogens is 1. The fourth-order valence-electron chi connectivity index (χ4n) is 2.72. The van der Waals surface area contributed by atoms with E-state index >= 15 is 0 Å². The Morgan fingerprint density at radius 3 is 2.25 bits per heavy atom. The van der Waals surface area contributed by atoms with E-state index in [-0.39, 0.29) is 17.9 Å². The molecule has 148 valence electrons. The van der Waals surface area contributed by atoms with Crippen LogP contribution < -0.4 is 4.74 Å². The Morgan fingerprint density at radius 2 is 1.64 bits per heavy atom. The first kappa shape index (κ1) is 20.3. The van der Waals surface area contributed by atoms with E-state index in [9.17, 15) is 18.4 Å². The predicted molar refractivity (Wildman–Crippen MR) is 104 cm³/mol. The van der Waals surface area contributed by atoms with E-state index in [1.54, 1.807) is 36.4 Å². The first-order valence-corrected chi connectivity index (χ1v) is 10.3. The van der Waals surface area contributed by atoms with E-state index < -0.39 is 22.0 Å². The summed E-state index contributed by atoms with van der Waals surface area (Å²) in [6.45, 7) is 0.0277. The minimum absolute atomic E-state index is 0.0176. The highest BCUT2D eigenvalue weighted by Gasteiger charge is 2.35. The molecule has 1 N–H and O–H groups in total.